The summed E-state index contributed by atoms with van der Waals surface area (Å²) in [6.07, 6.45) is 3.15. The summed E-state index contributed by atoms with van der Waals surface area (Å²) in [5, 5.41) is 0. The van der Waals surface area contributed by atoms with Gasteiger partial charge in [0.05, 0.1) is 24.5 Å². The van der Waals surface area contributed by atoms with Crippen molar-refractivity contribution in [3.63, 3.8) is 0 Å². The topological polar surface area (TPSA) is 52.6 Å². The van der Waals surface area contributed by atoms with Gasteiger partial charge in [-0.3, -0.25) is 9.59 Å². The molecule has 0 heterocycles. The zero-order chi connectivity index (χ0) is 17.0. The Hall–Kier alpha value is -1.06. The van der Waals surface area contributed by atoms with E-state index in [-0.39, 0.29) is 17.4 Å². The maximum atomic E-state index is 12.7. The lowest BCUT2D eigenvalue weighted by molar-refractivity contribution is -0.178. The number of rotatable bonds is 6. The number of carbonyl (C=O) groups is 2. The first-order chi connectivity index (χ1) is 10.2. The highest BCUT2D eigenvalue weighted by atomic mass is 16.5. The van der Waals surface area contributed by atoms with E-state index in [1.807, 2.05) is 6.92 Å². The average Bonchev–Trinajstić information content (AvgIpc) is 2.42. The monoisotopic (exact) mass is 312 g/mol. The summed E-state index contributed by atoms with van der Waals surface area (Å²) in [4.78, 5) is 25.1. The van der Waals surface area contributed by atoms with Crippen LogP contribution in [0.1, 0.15) is 67.2 Å². The molecular formula is C18H32O4. The van der Waals surface area contributed by atoms with E-state index in [1.54, 1.807) is 6.92 Å². The highest BCUT2D eigenvalue weighted by Gasteiger charge is 2.55. The zero-order valence-electron chi connectivity index (χ0n) is 15.0. The van der Waals surface area contributed by atoms with Crippen LogP contribution in [0.25, 0.3) is 0 Å². The first-order valence-electron chi connectivity index (χ1n) is 8.53. The normalized spacial score (nSPS) is 30.6. The first kappa shape index (κ1) is 19.0. The molecule has 0 aromatic rings. The van der Waals surface area contributed by atoms with Gasteiger partial charge in [-0.1, -0.05) is 34.1 Å². The van der Waals surface area contributed by atoms with Crippen molar-refractivity contribution in [2.75, 3.05) is 13.2 Å². The van der Waals surface area contributed by atoms with Crippen LogP contribution in [0.15, 0.2) is 0 Å². The lowest BCUT2D eigenvalue weighted by Crippen LogP contribution is -2.51. The largest absolute Gasteiger partial charge is 0.466 e. The van der Waals surface area contributed by atoms with Gasteiger partial charge in [-0.2, -0.15) is 0 Å². The Bertz CT molecular complexity index is 402. The summed E-state index contributed by atoms with van der Waals surface area (Å²) < 4.78 is 10.7. The molecule has 1 fully saturated rings. The van der Waals surface area contributed by atoms with Crippen LogP contribution in [0.2, 0.25) is 0 Å². The number of hydrogen-bond acceptors (Lipinski definition) is 4. The summed E-state index contributed by atoms with van der Waals surface area (Å²) in [7, 11) is 0. The van der Waals surface area contributed by atoms with Gasteiger partial charge in [0.1, 0.15) is 0 Å². The molecule has 1 aliphatic rings. The summed E-state index contributed by atoms with van der Waals surface area (Å²) in [5.74, 6) is -0.568. The van der Waals surface area contributed by atoms with E-state index in [4.69, 9.17) is 9.47 Å². The fourth-order valence-electron chi connectivity index (χ4n) is 3.46. The number of unbranched alkanes of at least 4 members (excludes halogenated alkanes) is 1. The molecule has 0 saturated heterocycles. The van der Waals surface area contributed by atoms with E-state index in [9.17, 15) is 9.59 Å². The molecule has 0 aromatic carbocycles. The van der Waals surface area contributed by atoms with Crippen LogP contribution in [0.3, 0.4) is 0 Å². The Labute approximate surface area is 134 Å². The molecule has 1 aliphatic carbocycles. The van der Waals surface area contributed by atoms with Crippen LogP contribution in [-0.4, -0.2) is 25.2 Å². The molecule has 0 amide bonds. The van der Waals surface area contributed by atoms with Gasteiger partial charge < -0.3 is 9.47 Å². The van der Waals surface area contributed by atoms with E-state index in [0.29, 0.717) is 32.0 Å². The molecule has 4 nitrogen and oxygen atoms in total. The number of carbonyl (C=O) groups excluding carboxylic acids is 2. The third kappa shape index (κ3) is 4.02. The number of esters is 2. The van der Waals surface area contributed by atoms with Crippen LogP contribution < -0.4 is 0 Å². The summed E-state index contributed by atoms with van der Waals surface area (Å²) in [6, 6.07) is 0. The van der Waals surface area contributed by atoms with E-state index in [1.165, 1.54) is 0 Å². The molecule has 0 spiro atoms. The molecule has 128 valence electrons. The second-order valence-corrected chi connectivity index (χ2v) is 7.51. The van der Waals surface area contributed by atoms with Crippen molar-refractivity contribution in [2.24, 2.45) is 22.7 Å². The first-order valence-corrected chi connectivity index (χ1v) is 8.53. The minimum atomic E-state index is -0.796. The molecule has 1 saturated carbocycles. The van der Waals surface area contributed by atoms with Crippen LogP contribution in [0.4, 0.5) is 0 Å². The van der Waals surface area contributed by atoms with Gasteiger partial charge in [0.15, 0.2) is 0 Å². The van der Waals surface area contributed by atoms with Crippen molar-refractivity contribution in [2.45, 2.75) is 67.2 Å². The average molecular weight is 312 g/mol. The highest BCUT2D eigenvalue weighted by Crippen LogP contribution is 2.53. The van der Waals surface area contributed by atoms with Crippen molar-refractivity contribution in [3.8, 4) is 0 Å². The molecule has 0 aliphatic heterocycles. The summed E-state index contributed by atoms with van der Waals surface area (Å²) in [5.41, 5.74) is -0.794. The smallest absolute Gasteiger partial charge is 0.312 e. The van der Waals surface area contributed by atoms with Crippen molar-refractivity contribution in [1.29, 1.82) is 0 Å². The minimum absolute atomic E-state index is 0.00151. The minimum Gasteiger partial charge on any atom is -0.466 e. The second-order valence-electron chi connectivity index (χ2n) is 7.51. The van der Waals surface area contributed by atoms with Gasteiger partial charge in [-0.25, -0.2) is 0 Å². The Morgan fingerprint density at radius 1 is 1.14 bits per heavy atom. The van der Waals surface area contributed by atoms with Crippen LogP contribution >= 0.6 is 0 Å². The standard InChI is InChI=1S/C18H32O4/c1-7-9-10-22-16(20)18(6)12-17(4,5)13(3)11-14(18)15(19)21-8-2/h13-14H,7-12H2,1-6H3/t13-,14+,18?/m0/s1. The van der Waals surface area contributed by atoms with Crippen molar-refractivity contribution in [1.82, 2.24) is 0 Å². The zero-order valence-corrected chi connectivity index (χ0v) is 15.0. The molecular weight excluding hydrogens is 280 g/mol. The van der Waals surface area contributed by atoms with Gasteiger partial charge in [0.2, 0.25) is 0 Å². The fourth-order valence-corrected chi connectivity index (χ4v) is 3.46. The quantitative estimate of drug-likeness (QED) is 0.550. The molecule has 0 bridgehead atoms. The molecule has 1 unspecified atom stereocenters. The molecule has 0 aromatic heterocycles. The third-order valence-electron chi connectivity index (χ3n) is 5.28. The lowest BCUT2D eigenvalue weighted by Gasteiger charge is -2.48. The molecule has 3 atom stereocenters. The van der Waals surface area contributed by atoms with Gasteiger partial charge in [-0.05, 0) is 44.4 Å². The van der Waals surface area contributed by atoms with E-state index >= 15 is 0 Å². The Morgan fingerprint density at radius 2 is 1.77 bits per heavy atom. The maximum Gasteiger partial charge on any atom is 0.312 e. The summed E-state index contributed by atoms with van der Waals surface area (Å²) >= 11 is 0. The summed E-state index contributed by atoms with van der Waals surface area (Å²) in [6.45, 7) is 13.0. The van der Waals surface area contributed by atoms with E-state index in [0.717, 1.165) is 12.8 Å². The van der Waals surface area contributed by atoms with Gasteiger partial charge in [-0.15, -0.1) is 0 Å². The Morgan fingerprint density at radius 3 is 2.32 bits per heavy atom. The van der Waals surface area contributed by atoms with Gasteiger partial charge in [0.25, 0.3) is 0 Å². The molecule has 0 N–H and O–H groups in total. The van der Waals surface area contributed by atoms with Crippen molar-refractivity contribution in [3.05, 3.63) is 0 Å². The maximum absolute atomic E-state index is 12.7. The molecule has 1 rings (SSSR count). The van der Waals surface area contributed by atoms with Crippen LogP contribution in [0.5, 0.6) is 0 Å². The second kappa shape index (κ2) is 7.47. The lowest BCUT2D eigenvalue weighted by atomic mass is 9.55. The van der Waals surface area contributed by atoms with Crippen molar-refractivity contribution >= 4 is 11.9 Å². The number of ether oxygens (including phenoxy) is 2. The third-order valence-corrected chi connectivity index (χ3v) is 5.28. The molecule has 22 heavy (non-hydrogen) atoms. The predicted molar refractivity (Wildman–Crippen MR) is 86.3 cm³/mol. The fraction of sp³-hybridized carbons (Fsp3) is 0.889. The van der Waals surface area contributed by atoms with Crippen molar-refractivity contribution < 1.29 is 19.1 Å². The number of hydrogen-bond donors (Lipinski definition) is 0. The Kier molecular flexibility index (Phi) is 6.45. The van der Waals surface area contributed by atoms with Crippen LogP contribution in [-0.2, 0) is 19.1 Å². The van der Waals surface area contributed by atoms with Crippen LogP contribution in [0, 0.1) is 22.7 Å². The SMILES string of the molecule is CCCCOC(=O)C1(C)CC(C)(C)[C@@H](C)C[C@@H]1C(=O)OCC. The molecule has 4 heteroatoms. The van der Waals surface area contributed by atoms with E-state index < -0.39 is 11.3 Å². The Balaban J connectivity index is 3.00. The van der Waals surface area contributed by atoms with E-state index in [2.05, 4.69) is 27.7 Å². The van der Waals surface area contributed by atoms with Gasteiger partial charge >= 0.3 is 11.9 Å². The highest BCUT2D eigenvalue weighted by molar-refractivity contribution is 5.85. The predicted octanol–water partition coefficient (Wildman–Crippen LogP) is 3.97. The van der Waals surface area contributed by atoms with Gasteiger partial charge in [0, 0.05) is 0 Å². The molecule has 0 radical (unpaired) electrons.